The van der Waals surface area contributed by atoms with Crippen molar-refractivity contribution in [2.75, 3.05) is 0 Å². The van der Waals surface area contributed by atoms with Crippen molar-refractivity contribution in [2.24, 2.45) is 7.05 Å². The van der Waals surface area contributed by atoms with Crippen LogP contribution in [0.5, 0.6) is 0 Å². The van der Waals surface area contributed by atoms with E-state index in [1.807, 2.05) is 0 Å². The molecule has 0 fully saturated rings. The molecule has 0 N–H and O–H groups in total. The number of hydrogen-bond acceptors (Lipinski definition) is 0. The van der Waals surface area contributed by atoms with Crippen molar-refractivity contribution in [2.45, 2.75) is 39.7 Å². The molecule has 0 saturated heterocycles. The Morgan fingerprint density at radius 2 is 1.38 bits per heavy atom. The van der Waals surface area contributed by atoms with E-state index in [0.717, 1.165) is 6.54 Å². The molecule has 3 rings (SSSR count). The van der Waals surface area contributed by atoms with Gasteiger partial charge in [0.2, 0.25) is 6.33 Å². The van der Waals surface area contributed by atoms with Gasteiger partial charge in [-0.2, -0.15) is 0 Å². The van der Waals surface area contributed by atoms with E-state index in [2.05, 4.69) is 97.9 Å². The van der Waals surface area contributed by atoms with E-state index in [9.17, 15) is 21.0 Å². The summed E-state index contributed by atoms with van der Waals surface area (Å²) in [5.41, 5.74) is 4.05. The number of nitrogens with zero attached hydrogens (tertiary/aromatic N) is 2. The average Bonchev–Trinajstić information content (AvgIpc) is 2.97. The van der Waals surface area contributed by atoms with E-state index in [1.54, 1.807) is 0 Å². The molecule has 0 aliphatic carbocycles. The molecule has 0 amide bonds. The summed E-state index contributed by atoms with van der Waals surface area (Å²) in [4.78, 5) is 0. The van der Waals surface area contributed by atoms with Gasteiger partial charge in [-0.3, -0.25) is 4.70 Å². The molecular weight excluding hydrogens is 413 g/mol. The van der Waals surface area contributed by atoms with Crippen molar-refractivity contribution >= 4 is 19.2 Å². The topological polar surface area (TPSA) is 8.81 Å². The number of para-hydroxylation sites is 2. The number of aromatic nitrogens is 2. The minimum absolute atomic E-state index is 0. The molecule has 0 bridgehead atoms. The van der Waals surface area contributed by atoms with Gasteiger partial charge in [-0.1, -0.05) is 56.3 Å². The molecule has 1 heterocycles. The summed E-state index contributed by atoms with van der Waals surface area (Å²) in [5, 5.41) is 0. The van der Waals surface area contributed by atoms with Gasteiger partial charge < -0.3 is 0 Å². The molecule has 1 aromatic heterocycles. The van der Waals surface area contributed by atoms with Crippen LogP contribution in [0.15, 0.2) is 60.9 Å². The molecule has 0 spiro atoms. The first-order valence-electron chi connectivity index (χ1n) is 9.00. The molecule has 164 valence electrons. The normalized spacial score (nSPS) is 12.9. The van der Waals surface area contributed by atoms with Gasteiger partial charge in [0.25, 0.3) is 0 Å². The first-order chi connectivity index (χ1) is 12.9. The second-order valence-electron chi connectivity index (χ2n) is 6.36. The number of halogens is 6. The van der Waals surface area contributed by atoms with Gasteiger partial charge in [0.1, 0.15) is 0 Å². The van der Waals surface area contributed by atoms with Gasteiger partial charge in [-0.05, 0) is 37.0 Å². The van der Waals surface area contributed by atoms with Crippen LogP contribution >= 0.6 is 8.16 Å². The van der Waals surface area contributed by atoms with E-state index in [1.165, 1.54) is 23.0 Å². The third-order valence-electron chi connectivity index (χ3n) is 4.21. The van der Waals surface area contributed by atoms with Gasteiger partial charge in [0.05, 0.1) is 13.6 Å². The number of rotatable bonds is 3. The first-order valence-corrected chi connectivity index (χ1v) is 10.7. The van der Waals surface area contributed by atoms with Crippen molar-refractivity contribution in [1.82, 2.24) is 4.57 Å². The third kappa shape index (κ3) is 10.9. The van der Waals surface area contributed by atoms with Gasteiger partial charge in [0.15, 0.2) is 11.0 Å². The monoisotopic (exact) mass is 441 g/mol. The van der Waals surface area contributed by atoms with Crippen LogP contribution in [0, 0.1) is 0 Å². The quantitative estimate of drug-likeness (QED) is 0.223. The fraction of sp³-hybridized carbons (Fsp3) is 0.350. The number of hydrogen-bond donors (Lipinski definition) is 0. The summed E-state index contributed by atoms with van der Waals surface area (Å²) in [6.45, 7) is 7.67. The Balaban J connectivity index is 0.000000422. The van der Waals surface area contributed by atoms with Crippen molar-refractivity contribution in [1.29, 1.82) is 0 Å². The molecule has 0 aliphatic heterocycles. The average molecular weight is 441 g/mol. The van der Waals surface area contributed by atoms with Gasteiger partial charge >= 0.3 is 29.1 Å². The zero-order chi connectivity index (χ0) is 21.4. The maximum absolute atomic E-state index is 9.84. The summed E-state index contributed by atoms with van der Waals surface area (Å²) in [6.07, 6.45) is 3.36. The summed E-state index contributed by atoms with van der Waals surface area (Å²) < 4.78 is 53.6. The Kier molecular flexibility index (Phi) is 10.4. The Morgan fingerprint density at radius 1 is 0.897 bits per heavy atom. The summed E-state index contributed by atoms with van der Waals surface area (Å²) in [6, 6.07) is 19.1. The number of benzene rings is 2. The predicted octanol–water partition coefficient (Wildman–Crippen LogP) is 7.80. The number of aryl methyl sites for hydroxylation is 2. The second-order valence-corrected chi connectivity index (χ2v) is 7.64. The molecule has 0 saturated carbocycles. The van der Waals surface area contributed by atoms with E-state index < -0.39 is 8.16 Å². The zero-order valence-electron chi connectivity index (χ0n) is 16.9. The fourth-order valence-corrected chi connectivity index (χ4v) is 2.61. The summed E-state index contributed by atoms with van der Waals surface area (Å²) >= 11 is 0. The molecule has 2 aromatic carbocycles. The third-order valence-corrected chi connectivity index (χ3v) is 4.21. The van der Waals surface area contributed by atoms with Gasteiger partial charge in [-0.25, -0.2) is 9.13 Å². The van der Waals surface area contributed by atoms with Crippen molar-refractivity contribution in [3.63, 3.8) is 0 Å². The Bertz CT molecular complexity index is 843. The van der Waals surface area contributed by atoms with Crippen LogP contribution in [0.3, 0.4) is 0 Å². The van der Waals surface area contributed by atoms with Crippen molar-refractivity contribution in [3.8, 4) is 0 Å². The van der Waals surface area contributed by atoms with E-state index in [0.29, 0.717) is 5.92 Å². The van der Waals surface area contributed by atoms with Gasteiger partial charge in [0, 0.05) is 0 Å². The molecule has 0 radical (unpaired) electrons. The van der Waals surface area contributed by atoms with Crippen LogP contribution in [-0.4, -0.2) is 4.57 Å². The van der Waals surface area contributed by atoms with Gasteiger partial charge in [-0.15, -0.1) is 0 Å². The van der Waals surface area contributed by atoms with Crippen LogP contribution in [0.25, 0.3) is 11.0 Å². The standard InChI is InChI=1S/C10H13N2.C10H14.F5P.FH/c1-3-12-8-11(2)9-6-4-5-7-10(9)12;1-3-9(2)10-7-5-4-6-8-10;1-6(2,3,4)5;/h4-8H,3H2,1-2H3;4-9H,3H2,1-2H3;;1H/q+1;;;. The SMILES string of the molecule is CCC(C)c1ccccc1.CCn1c[n+](C)c2ccccc21.F.FP(F)(F)(F)F. The summed E-state index contributed by atoms with van der Waals surface area (Å²) in [7, 11) is -6.47. The Labute approximate surface area is 167 Å². The van der Waals surface area contributed by atoms with Crippen molar-refractivity contribution in [3.05, 3.63) is 66.5 Å². The predicted molar refractivity (Wildman–Crippen MR) is 109 cm³/mol. The maximum atomic E-state index is 9.84. The first kappa shape index (κ1) is 26.9. The molecule has 1 atom stereocenters. The number of imidazole rings is 1. The molecule has 0 aliphatic rings. The molecule has 1 unspecified atom stereocenters. The van der Waals surface area contributed by atoms with Crippen LogP contribution in [-0.2, 0) is 13.6 Å². The molecule has 9 heteroatoms. The van der Waals surface area contributed by atoms with Crippen LogP contribution in [0.4, 0.5) is 25.7 Å². The van der Waals surface area contributed by atoms with Crippen molar-refractivity contribution < 1.29 is 30.3 Å². The van der Waals surface area contributed by atoms with Crippen LogP contribution < -0.4 is 4.57 Å². The molecule has 29 heavy (non-hydrogen) atoms. The Hall–Kier alpha value is -2.08. The minimum atomic E-state index is -8.55. The second kappa shape index (κ2) is 11.2. The van der Waals surface area contributed by atoms with E-state index in [-0.39, 0.29) is 4.70 Å². The van der Waals surface area contributed by atoms with Crippen LogP contribution in [0.1, 0.15) is 38.7 Å². The molecule has 3 aromatic rings. The Morgan fingerprint density at radius 3 is 1.86 bits per heavy atom. The molecule has 2 nitrogen and oxygen atoms in total. The molecular formula is C20H28F6N2P+. The zero-order valence-corrected chi connectivity index (χ0v) is 17.8. The fourth-order valence-electron chi connectivity index (χ4n) is 2.61. The van der Waals surface area contributed by atoms with Crippen LogP contribution in [0.2, 0.25) is 0 Å². The van der Waals surface area contributed by atoms with E-state index >= 15 is 0 Å². The van der Waals surface area contributed by atoms with E-state index in [4.69, 9.17) is 0 Å². The number of fused-ring (bicyclic) bond motifs is 1. The summed E-state index contributed by atoms with van der Waals surface area (Å²) in [5.74, 6) is 0.709.